The molecule has 0 aliphatic carbocycles. The number of hydrogen-bond acceptors (Lipinski definition) is 4. The van der Waals surface area contributed by atoms with Gasteiger partial charge in [-0.25, -0.2) is 0 Å². The predicted molar refractivity (Wildman–Crippen MR) is 145 cm³/mol. The zero-order valence-corrected chi connectivity index (χ0v) is 21.4. The second-order valence-electron chi connectivity index (χ2n) is 9.97. The van der Waals surface area contributed by atoms with Crippen molar-refractivity contribution in [3.63, 3.8) is 0 Å². The highest BCUT2D eigenvalue weighted by Crippen LogP contribution is 2.35. The number of hydrogen-bond donors (Lipinski definition) is 1. The molecule has 1 unspecified atom stereocenters. The van der Waals surface area contributed by atoms with E-state index in [1.807, 2.05) is 42.5 Å². The molecule has 0 saturated carbocycles. The number of benzene rings is 2. The van der Waals surface area contributed by atoms with Crippen molar-refractivity contribution in [2.24, 2.45) is 5.41 Å². The van der Waals surface area contributed by atoms with Crippen LogP contribution in [0.25, 0.3) is 10.9 Å². The molecular weight excluding hydrogens is 446 g/mol. The number of ether oxygens (including phenoxy) is 1. The molecule has 0 fully saturated rings. The lowest BCUT2D eigenvalue weighted by molar-refractivity contribution is -0.123. The van der Waals surface area contributed by atoms with Gasteiger partial charge in [0, 0.05) is 24.4 Å². The molecule has 0 saturated heterocycles. The summed E-state index contributed by atoms with van der Waals surface area (Å²) in [4.78, 5) is 18.3. The van der Waals surface area contributed by atoms with Crippen LogP contribution in [0.15, 0.2) is 54.7 Å². The normalized spacial score (nSPS) is 14.0. The highest BCUT2D eigenvalue weighted by Gasteiger charge is 2.39. The van der Waals surface area contributed by atoms with Crippen molar-refractivity contribution >= 4 is 22.5 Å². The van der Waals surface area contributed by atoms with E-state index in [9.17, 15) is 10.1 Å². The first-order valence-electron chi connectivity index (χ1n) is 13.5. The maximum atomic E-state index is 13.8. The molecule has 188 valence electrons. The van der Waals surface area contributed by atoms with Crippen LogP contribution >= 0.6 is 0 Å². The first-order valence-corrected chi connectivity index (χ1v) is 13.5. The van der Waals surface area contributed by atoms with Gasteiger partial charge in [-0.05, 0) is 35.7 Å². The molecule has 2 heterocycles. The molecule has 1 atom stereocenters. The summed E-state index contributed by atoms with van der Waals surface area (Å²) < 4.78 is 5.65. The van der Waals surface area contributed by atoms with Crippen molar-refractivity contribution in [1.82, 2.24) is 4.98 Å². The maximum Gasteiger partial charge on any atom is 0.245 e. The van der Waals surface area contributed by atoms with E-state index in [0.29, 0.717) is 25.1 Å². The van der Waals surface area contributed by atoms with Gasteiger partial charge in [0.05, 0.1) is 23.9 Å². The molecule has 4 rings (SSSR count). The SMILES string of the molecule is CCCCCCCCCCC(C#N)(Cc1ccc2c(c1)CCO2)C(=O)Nc1cccc2cccnc12. The lowest BCUT2D eigenvalue weighted by atomic mass is 9.77. The van der Waals surface area contributed by atoms with Crippen molar-refractivity contribution in [3.8, 4) is 11.8 Å². The van der Waals surface area contributed by atoms with Gasteiger partial charge in [0.1, 0.15) is 11.2 Å². The highest BCUT2D eigenvalue weighted by atomic mass is 16.5. The summed E-state index contributed by atoms with van der Waals surface area (Å²) in [5.41, 5.74) is 2.40. The van der Waals surface area contributed by atoms with Crippen LogP contribution in [0.3, 0.4) is 0 Å². The number of anilines is 1. The fourth-order valence-corrected chi connectivity index (χ4v) is 5.13. The first kappa shape index (κ1) is 25.7. The van der Waals surface area contributed by atoms with Crippen LogP contribution < -0.4 is 10.1 Å². The van der Waals surface area contributed by atoms with Crippen LogP contribution in [0.1, 0.15) is 75.8 Å². The standard InChI is InChI=1S/C31H37N3O2/c1-2-3-4-5-6-7-8-9-18-31(23-32,22-24-15-16-28-26(21-24)17-20-36-28)30(35)34-27-14-10-12-25-13-11-19-33-29(25)27/h10-16,19,21H,2-9,17-18,20,22H2,1H3,(H,34,35). The van der Waals surface area contributed by atoms with E-state index in [-0.39, 0.29) is 5.91 Å². The fourth-order valence-electron chi connectivity index (χ4n) is 5.13. The van der Waals surface area contributed by atoms with Gasteiger partial charge in [0.2, 0.25) is 5.91 Å². The summed E-state index contributed by atoms with van der Waals surface area (Å²) in [6, 6.07) is 18.1. The van der Waals surface area contributed by atoms with Gasteiger partial charge in [-0.15, -0.1) is 0 Å². The molecule has 0 bridgehead atoms. The molecule has 1 amide bonds. The Balaban J connectivity index is 1.51. The Morgan fingerprint density at radius 1 is 1.06 bits per heavy atom. The Labute approximate surface area is 214 Å². The predicted octanol–water partition coefficient (Wildman–Crippen LogP) is 7.39. The Kier molecular flexibility index (Phi) is 8.95. The first-order chi connectivity index (χ1) is 17.6. The molecule has 2 aromatic carbocycles. The maximum absolute atomic E-state index is 13.8. The summed E-state index contributed by atoms with van der Waals surface area (Å²) >= 11 is 0. The van der Waals surface area contributed by atoms with Gasteiger partial charge in [-0.1, -0.05) is 88.6 Å². The number of nitriles is 1. The van der Waals surface area contributed by atoms with Gasteiger partial charge in [-0.2, -0.15) is 5.26 Å². The van der Waals surface area contributed by atoms with Crippen molar-refractivity contribution in [3.05, 3.63) is 65.9 Å². The molecule has 1 aliphatic rings. The number of unbranched alkanes of at least 4 members (excludes halogenated alkanes) is 7. The number of carbonyl (C=O) groups is 1. The van der Waals surface area contributed by atoms with Crippen molar-refractivity contribution in [2.75, 3.05) is 11.9 Å². The average Bonchev–Trinajstić information content (AvgIpc) is 3.37. The minimum atomic E-state index is -1.15. The Hall–Kier alpha value is -3.39. The molecule has 3 aromatic rings. The second-order valence-corrected chi connectivity index (χ2v) is 9.97. The van der Waals surface area contributed by atoms with Crippen LogP contribution in [0.2, 0.25) is 0 Å². The van der Waals surface area contributed by atoms with E-state index in [0.717, 1.165) is 53.5 Å². The monoisotopic (exact) mass is 483 g/mol. The molecule has 5 heteroatoms. The van der Waals surface area contributed by atoms with Crippen LogP contribution in [0.4, 0.5) is 5.69 Å². The van der Waals surface area contributed by atoms with E-state index >= 15 is 0 Å². The van der Waals surface area contributed by atoms with E-state index < -0.39 is 5.41 Å². The van der Waals surface area contributed by atoms with Gasteiger partial charge < -0.3 is 10.1 Å². The molecule has 1 aliphatic heterocycles. The third kappa shape index (κ3) is 6.23. The topological polar surface area (TPSA) is 75.0 Å². The summed E-state index contributed by atoms with van der Waals surface area (Å²) in [6.45, 7) is 2.92. The number of rotatable bonds is 13. The van der Waals surface area contributed by atoms with Crippen LogP contribution in [0, 0.1) is 16.7 Å². The number of aromatic nitrogens is 1. The zero-order valence-electron chi connectivity index (χ0n) is 21.4. The van der Waals surface area contributed by atoms with Gasteiger partial charge in [0.25, 0.3) is 0 Å². The highest BCUT2D eigenvalue weighted by molar-refractivity contribution is 6.03. The van der Waals surface area contributed by atoms with Crippen LogP contribution in [-0.2, 0) is 17.6 Å². The van der Waals surface area contributed by atoms with E-state index in [4.69, 9.17) is 4.74 Å². The van der Waals surface area contributed by atoms with E-state index in [1.54, 1.807) is 6.20 Å². The summed E-state index contributed by atoms with van der Waals surface area (Å²) in [5.74, 6) is 0.665. The fraction of sp³-hybridized carbons (Fsp3) is 0.452. The quantitative estimate of drug-likeness (QED) is 0.257. The summed E-state index contributed by atoms with van der Waals surface area (Å²) in [6.07, 6.45) is 12.9. The molecular formula is C31H37N3O2. The summed E-state index contributed by atoms with van der Waals surface area (Å²) in [5, 5.41) is 14.5. The van der Waals surface area contributed by atoms with Crippen LogP contribution in [-0.4, -0.2) is 17.5 Å². The van der Waals surface area contributed by atoms with Gasteiger partial charge >= 0.3 is 0 Å². The van der Waals surface area contributed by atoms with Gasteiger partial charge in [-0.3, -0.25) is 9.78 Å². The number of amides is 1. The molecule has 1 N–H and O–H groups in total. The third-order valence-electron chi connectivity index (χ3n) is 7.25. The zero-order chi connectivity index (χ0) is 25.2. The lowest BCUT2D eigenvalue weighted by Crippen LogP contribution is -2.37. The largest absolute Gasteiger partial charge is 0.493 e. The number of nitrogens with zero attached hydrogens (tertiary/aromatic N) is 2. The number of para-hydroxylation sites is 1. The minimum absolute atomic E-state index is 0.247. The second kappa shape index (κ2) is 12.5. The smallest absolute Gasteiger partial charge is 0.245 e. The number of fused-ring (bicyclic) bond motifs is 2. The average molecular weight is 484 g/mol. The van der Waals surface area contributed by atoms with Crippen molar-refractivity contribution in [1.29, 1.82) is 5.26 Å². The van der Waals surface area contributed by atoms with Crippen LogP contribution in [0.5, 0.6) is 5.75 Å². The van der Waals surface area contributed by atoms with E-state index in [2.05, 4.69) is 29.4 Å². The number of pyridine rings is 1. The molecule has 36 heavy (non-hydrogen) atoms. The third-order valence-corrected chi connectivity index (χ3v) is 7.25. The molecule has 0 spiro atoms. The number of nitrogens with one attached hydrogen (secondary N) is 1. The molecule has 5 nitrogen and oxygen atoms in total. The van der Waals surface area contributed by atoms with Crippen molar-refractivity contribution < 1.29 is 9.53 Å². The van der Waals surface area contributed by atoms with Gasteiger partial charge in [0.15, 0.2) is 0 Å². The molecule has 1 aromatic heterocycles. The van der Waals surface area contributed by atoms with Crippen molar-refractivity contribution in [2.45, 2.75) is 77.6 Å². The Bertz CT molecular complexity index is 1210. The number of carbonyl (C=O) groups excluding carboxylic acids is 1. The lowest BCUT2D eigenvalue weighted by Gasteiger charge is -2.26. The van der Waals surface area contributed by atoms with E-state index in [1.165, 1.54) is 32.1 Å². The minimum Gasteiger partial charge on any atom is -0.493 e. The Morgan fingerprint density at radius 3 is 2.64 bits per heavy atom. The Morgan fingerprint density at radius 2 is 1.83 bits per heavy atom. The molecule has 0 radical (unpaired) electrons. The summed E-state index contributed by atoms with van der Waals surface area (Å²) in [7, 11) is 0.